The fourth-order valence-electron chi connectivity index (χ4n) is 3.71. The normalized spacial score (nSPS) is 17.9. The number of rotatable bonds is 6. The third kappa shape index (κ3) is 5.98. The van der Waals surface area contributed by atoms with Gasteiger partial charge in [-0.15, -0.1) is 11.3 Å². The van der Waals surface area contributed by atoms with Gasteiger partial charge in [0.2, 0.25) is 0 Å². The quantitative estimate of drug-likeness (QED) is 0.621. The first-order chi connectivity index (χ1) is 15.3. The fraction of sp³-hybridized carbons (Fsp3) is 0.579. The molecule has 1 saturated heterocycles. The van der Waals surface area contributed by atoms with Crippen LogP contribution >= 0.6 is 11.3 Å². The third-order valence-electron chi connectivity index (χ3n) is 5.18. The second kappa shape index (κ2) is 9.50. The van der Waals surface area contributed by atoms with Gasteiger partial charge in [0, 0.05) is 24.7 Å². The summed E-state index contributed by atoms with van der Waals surface area (Å²) < 4.78 is 71.1. The summed E-state index contributed by atoms with van der Waals surface area (Å²) in [5.41, 5.74) is -0.221. The van der Waals surface area contributed by atoms with Crippen molar-refractivity contribution in [2.24, 2.45) is 7.05 Å². The number of anilines is 2. The number of alkyl halides is 3. The number of carbonyl (C=O) groups is 1. The second-order valence-electron chi connectivity index (χ2n) is 8.33. The van der Waals surface area contributed by atoms with Crippen LogP contribution in [0.3, 0.4) is 0 Å². The molecule has 0 aliphatic carbocycles. The molecule has 2 aromatic heterocycles. The molecule has 2 aromatic rings. The highest BCUT2D eigenvalue weighted by atomic mass is 32.2. The molecule has 1 aliphatic heterocycles. The molecule has 2 N–H and O–H groups in total. The van der Waals surface area contributed by atoms with Crippen LogP contribution < -0.4 is 14.3 Å². The number of urea groups is 1. The number of likely N-dealkylation sites (N-methyl/N-ethyl adjacent to an activating group) is 1. The topological polar surface area (TPSA) is 99.6 Å². The highest BCUT2D eigenvalue weighted by Crippen LogP contribution is 2.43. The fourth-order valence-corrected chi connectivity index (χ4v) is 6.01. The maximum Gasteiger partial charge on any atom is 0.427 e. The van der Waals surface area contributed by atoms with Gasteiger partial charge in [0.15, 0.2) is 0 Å². The number of aryl methyl sites for hydroxylation is 1. The summed E-state index contributed by atoms with van der Waals surface area (Å²) in [5.74, 6) is -0.192. The number of nitrogens with one attached hydrogen (secondary N) is 2. The van der Waals surface area contributed by atoms with Gasteiger partial charge in [-0.3, -0.25) is 4.68 Å². The van der Waals surface area contributed by atoms with Gasteiger partial charge in [-0.05, 0) is 38.4 Å². The molecule has 0 saturated carbocycles. The van der Waals surface area contributed by atoms with Crippen LogP contribution in [0, 0.1) is 0 Å². The minimum atomic E-state index is -4.69. The number of halogens is 3. The minimum absolute atomic E-state index is 0.192. The smallest absolute Gasteiger partial charge is 0.306 e. The molecule has 33 heavy (non-hydrogen) atoms. The molecule has 1 atom stereocenters. The van der Waals surface area contributed by atoms with Gasteiger partial charge in [-0.25, -0.2) is 13.8 Å². The molecule has 0 spiro atoms. The standard InChI is InChI=1S/C19H27F3N6O3S2/c1-12(2)16-8-15(17(32-16)19(20,21)22)24-18(29)25-33(30,31)28(14-9-23-27(4)11-14)13-6-5-7-26(3)10-13/h8-9,11-13H,5-7,10H2,1-4H3,(H2,24,25,29). The number of piperidine rings is 1. The van der Waals surface area contributed by atoms with Crippen LogP contribution in [0.4, 0.5) is 29.3 Å². The molecule has 0 aromatic carbocycles. The molecule has 0 radical (unpaired) electrons. The Kier molecular flexibility index (Phi) is 7.29. The number of amides is 2. The summed E-state index contributed by atoms with van der Waals surface area (Å²) in [6.07, 6.45) is -0.514. The Hall–Kier alpha value is -2.32. The molecule has 1 fully saturated rings. The lowest BCUT2D eigenvalue weighted by molar-refractivity contribution is -0.133. The summed E-state index contributed by atoms with van der Waals surface area (Å²) in [5, 5.41) is 6.09. The molecular formula is C19H27F3N6O3S2. The number of aromatic nitrogens is 2. The second-order valence-corrected chi connectivity index (χ2v) is 11.0. The Bertz CT molecular complexity index is 1100. The van der Waals surface area contributed by atoms with Crippen LogP contribution in [0.1, 0.15) is 42.4 Å². The Morgan fingerprint density at radius 3 is 2.58 bits per heavy atom. The van der Waals surface area contributed by atoms with Gasteiger partial charge < -0.3 is 10.2 Å². The lowest BCUT2D eigenvalue weighted by Crippen LogP contribution is -2.54. The largest absolute Gasteiger partial charge is 0.427 e. The van der Waals surface area contributed by atoms with Crippen LogP contribution in [0.5, 0.6) is 0 Å². The maximum atomic E-state index is 13.4. The van der Waals surface area contributed by atoms with Crippen LogP contribution in [0.15, 0.2) is 18.5 Å². The summed E-state index contributed by atoms with van der Waals surface area (Å²) in [4.78, 5) is 14.0. The van der Waals surface area contributed by atoms with Crippen molar-refractivity contribution >= 4 is 39.0 Å². The molecule has 9 nitrogen and oxygen atoms in total. The van der Waals surface area contributed by atoms with Crippen LogP contribution in [-0.4, -0.2) is 55.3 Å². The molecular weight excluding hydrogens is 481 g/mol. The Morgan fingerprint density at radius 1 is 1.33 bits per heavy atom. The van der Waals surface area contributed by atoms with Gasteiger partial charge in [0.25, 0.3) is 0 Å². The zero-order valence-corrected chi connectivity index (χ0v) is 20.3. The van der Waals surface area contributed by atoms with Crippen LogP contribution in [0.2, 0.25) is 0 Å². The first-order valence-corrected chi connectivity index (χ1v) is 12.5. The lowest BCUT2D eigenvalue weighted by atomic mass is 10.1. The number of carbonyl (C=O) groups excluding carboxylic acids is 1. The average Bonchev–Trinajstić information content (AvgIpc) is 3.27. The first kappa shape index (κ1) is 25.3. The van der Waals surface area contributed by atoms with E-state index in [0.29, 0.717) is 29.2 Å². The highest BCUT2D eigenvalue weighted by molar-refractivity contribution is 7.91. The molecule has 1 aliphatic rings. The Labute approximate surface area is 194 Å². The molecule has 3 rings (SSSR count). The molecule has 1 unspecified atom stereocenters. The van der Waals surface area contributed by atoms with Crippen molar-refractivity contribution < 1.29 is 26.4 Å². The van der Waals surface area contributed by atoms with Gasteiger partial charge in [0.05, 0.1) is 23.6 Å². The van der Waals surface area contributed by atoms with E-state index in [0.717, 1.165) is 17.3 Å². The zero-order valence-electron chi connectivity index (χ0n) is 18.7. The van der Waals surface area contributed by atoms with E-state index in [4.69, 9.17) is 0 Å². The monoisotopic (exact) mass is 508 g/mol. The number of likely N-dealkylation sites (tertiary alicyclic amines) is 1. The van der Waals surface area contributed by atoms with Crippen LogP contribution in [-0.2, 0) is 23.4 Å². The number of nitrogens with zero attached hydrogens (tertiary/aromatic N) is 4. The van der Waals surface area contributed by atoms with Crippen molar-refractivity contribution in [2.75, 3.05) is 29.8 Å². The van der Waals surface area contributed by atoms with Gasteiger partial charge in [-0.2, -0.15) is 26.7 Å². The zero-order chi connectivity index (χ0) is 24.6. The van der Waals surface area contributed by atoms with E-state index in [1.54, 1.807) is 20.9 Å². The van der Waals surface area contributed by atoms with E-state index in [1.165, 1.54) is 23.1 Å². The molecule has 0 bridgehead atoms. The predicted octanol–water partition coefficient (Wildman–Crippen LogP) is 3.59. The summed E-state index contributed by atoms with van der Waals surface area (Å²) in [7, 11) is -0.958. The van der Waals surface area contributed by atoms with Gasteiger partial charge >= 0.3 is 22.4 Å². The van der Waals surface area contributed by atoms with Gasteiger partial charge in [-0.1, -0.05) is 13.8 Å². The molecule has 3 heterocycles. The van der Waals surface area contributed by atoms with Gasteiger partial charge in [0.1, 0.15) is 4.88 Å². The number of hydrogen-bond acceptors (Lipinski definition) is 6. The SMILES string of the molecule is CC(C)c1cc(NC(=O)NS(=O)(=O)N(c2cnn(C)c2)C2CCCN(C)C2)c(C(F)(F)F)s1. The van der Waals surface area contributed by atoms with E-state index in [-0.39, 0.29) is 11.6 Å². The van der Waals surface area contributed by atoms with E-state index in [2.05, 4.69) is 10.4 Å². The van der Waals surface area contributed by atoms with E-state index < -0.39 is 39.0 Å². The molecule has 14 heteroatoms. The third-order valence-corrected chi connectivity index (χ3v) is 8.13. The van der Waals surface area contributed by atoms with Crippen molar-refractivity contribution in [1.29, 1.82) is 0 Å². The van der Waals surface area contributed by atoms with Crippen molar-refractivity contribution in [1.82, 2.24) is 19.4 Å². The lowest BCUT2D eigenvalue weighted by Gasteiger charge is -2.37. The van der Waals surface area contributed by atoms with E-state index in [1.807, 2.05) is 16.7 Å². The summed E-state index contributed by atoms with van der Waals surface area (Å²) in [6, 6.07) is -0.524. The van der Waals surface area contributed by atoms with E-state index >= 15 is 0 Å². The average molecular weight is 509 g/mol. The van der Waals surface area contributed by atoms with Crippen molar-refractivity contribution in [3.8, 4) is 0 Å². The van der Waals surface area contributed by atoms with Crippen molar-refractivity contribution in [3.05, 3.63) is 28.2 Å². The molecule has 184 valence electrons. The first-order valence-electron chi connectivity index (χ1n) is 10.3. The summed E-state index contributed by atoms with van der Waals surface area (Å²) in [6.45, 7) is 4.69. The molecule has 2 amide bonds. The number of hydrogen-bond donors (Lipinski definition) is 2. The van der Waals surface area contributed by atoms with Crippen molar-refractivity contribution in [3.63, 3.8) is 0 Å². The van der Waals surface area contributed by atoms with Crippen molar-refractivity contribution in [2.45, 2.75) is 44.8 Å². The van der Waals surface area contributed by atoms with Crippen LogP contribution in [0.25, 0.3) is 0 Å². The predicted molar refractivity (Wildman–Crippen MR) is 121 cm³/mol. The summed E-state index contributed by atoms with van der Waals surface area (Å²) >= 11 is 0.519. The highest BCUT2D eigenvalue weighted by Gasteiger charge is 2.38. The minimum Gasteiger partial charge on any atom is -0.306 e. The number of thiophene rings is 1. The Balaban J connectivity index is 1.86. The van der Waals surface area contributed by atoms with E-state index in [9.17, 15) is 26.4 Å². The maximum absolute atomic E-state index is 13.4. The Morgan fingerprint density at radius 2 is 2.03 bits per heavy atom.